The summed E-state index contributed by atoms with van der Waals surface area (Å²) in [5, 5.41) is 9.23. The minimum Gasteiger partial charge on any atom is -0.341 e. The summed E-state index contributed by atoms with van der Waals surface area (Å²) in [4.78, 5) is 15.0. The van der Waals surface area contributed by atoms with Crippen molar-refractivity contribution < 1.29 is 4.79 Å². The van der Waals surface area contributed by atoms with Gasteiger partial charge in [0, 0.05) is 30.6 Å². The van der Waals surface area contributed by atoms with E-state index in [9.17, 15) is 4.79 Å². The number of amides is 1. The van der Waals surface area contributed by atoms with Crippen LogP contribution >= 0.6 is 11.6 Å². The van der Waals surface area contributed by atoms with E-state index in [0.717, 1.165) is 31.0 Å². The molecular weight excluding hydrogens is 348 g/mol. The van der Waals surface area contributed by atoms with E-state index < -0.39 is 0 Å². The number of aryl methyl sites for hydroxylation is 1. The Bertz CT molecular complexity index is 797. The van der Waals surface area contributed by atoms with Crippen LogP contribution in [0, 0.1) is 5.41 Å². The van der Waals surface area contributed by atoms with E-state index in [2.05, 4.69) is 21.7 Å². The Morgan fingerprint density at radius 1 is 1.31 bits per heavy atom. The molecule has 0 radical (unpaired) electrons. The smallest absolute Gasteiger partial charge is 0.227 e. The number of halogens is 1. The number of likely N-dealkylation sites (tertiary alicyclic amines) is 1. The van der Waals surface area contributed by atoms with Gasteiger partial charge in [-0.1, -0.05) is 42.6 Å². The Balaban J connectivity index is 1.58. The van der Waals surface area contributed by atoms with Gasteiger partial charge < -0.3 is 9.47 Å². The molecule has 4 rings (SSSR count). The Hall–Kier alpha value is -1.88. The molecule has 5 nitrogen and oxygen atoms in total. The molecule has 1 saturated carbocycles. The van der Waals surface area contributed by atoms with E-state index in [0.29, 0.717) is 11.4 Å². The van der Waals surface area contributed by atoms with Crippen molar-refractivity contribution in [3.63, 3.8) is 0 Å². The average Bonchev–Trinajstić information content (AvgIpc) is 3.37. The topological polar surface area (TPSA) is 51.0 Å². The molecule has 0 bridgehead atoms. The molecule has 1 amide bonds. The third-order valence-electron chi connectivity index (χ3n) is 6.20. The summed E-state index contributed by atoms with van der Waals surface area (Å²) in [6.45, 7) is 4.55. The van der Waals surface area contributed by atoms with E-state index in [4.69, 9.17) is 11.6 Å². The molecule has 6 heteroatoms. The van der Waals surface area contributed by atoms with Crippen LogP contribution in [0.4, 0.5) is 0 Å². The van der Waals surface area contributed by atoms with Crippen molar-refractivity contribution in [2.24, 2.45) is 5.41 Å². The van der Waals surface area contributed by atoms with Crippen molar-refractivity contribution in [2.45, 2.75) is 51.5 Å². The number of rotatable bonds is 4. The predicted molar refractivity (Wildman–Crippen MR) is 101 cm³/mol. The second kappa shape index (κ2) is 7.03. The lowest BCUT2D eigenvalue weighted by Gasteiger charge is -2.29. The van der Waals surface area contributed by atoms with E-state index in [1.165, 1.54) is 25.7 Å². The van der Waals surface area contributed by atoms with Crippen LogP contribution in [0.3, 0.4) is 0 Å². The molecule has 1 aromatic heterocycles. The Labute approximate surface area is 159 Å². The highest BCUT2D eigenvalue weighted by molar-refractivity contribution is 6.31. The number of aromatic nitrogens is 3. The third kappa shape index (κ3) is 3.02. The van der Waals surface area contributed by atoms with Crippen LogP contribution in [0.2, 0.25) is 5.02 Å². The van der Waals surface area contributed by atoms with E-state index in [1.54, 1.807) is 0 Å². The van der Waals surface area contributed by atoms with Crippen LogP contribution in [-0.4, -0.2) is 38.7 Å². The van der Waals surface area contributed by atoms with Gasteiger partial charge in [-0.05, 0) is 36.8 Å². The van der Waals surface area contributed by atoms with Crippen molar-refractivity contribution in [3.8, 4) is 0 Å². The molecule has 138 valence electrons. The van der Waals surface area contributed by atoms with Crippen molar-refractivity contribution in [3.05, 3.63) is 47.0 Å². The summed E-state index contributed by atoms with van der Waals surface area (Å²) in [5.41, 5.74) is 1.07. The van der Waals surface area contributed by atoms with Crippen molar-refractivity contribution in [1.82, 2.24) is 19.7 Å². The number of carbonyl (C=O) groups excluding carboxylic acids is 1. The Morgan fingerprint density at radius 3 is 2.81 bits per heavy atom. The third-order valence-corrected chi connectivity index (χ3v) is 6.57. The summed E-state index contributed by atoms with van der Waals surface area (Å²) in [6, 6.07) is 7.61. The minimum atomic E-state index is 0.162. The molecule has 1 spiro atoms. The molecule has 1 aliphatic carbocycles. The summed E-state index contributed by atoms with van der Waals surface area (Å²) >= 11 is 6.25. The lowest BCUT2D eigenvalue weighted by molar-refractivity contribution is -0.129. The standard InChI is InChI=1S/C20H25ClN4O/c1-2-24-14-22-23-19(24)16-12-25(13-20(16)9-5-6-10-20)18(26)11-15-7-3-4-8-17(15)21/h3-4,7-8,14,16H,2,5-6,9-13H2,1H3. The first-order chi connectivity index (χ1) is 12.6. The molecule has 2 aliphatic rings. The summed E-state index contributed by atoms with van der Waals surface area (Å²) in [7, 11) is 0. The molecule has 0 N–H and O–H groups in total. The van der Waals surface area contributed by atoms with Gasteiger partial charge in [0.2, 0.25) is 5.91 Å². The molecule has 26 heavy (non-hydrogen) atoms. The van der Waals surface area contributed by atoms with Gasteiger partial charge in [-0.25, -0.2) is 0 Å². The van der Waals surface area contributed by atoms with Gasteiger partial charge in [0.05, 0.1) is 6.42 Å². The molecule has 2 fully saturated rings. The zero-order valence-electron chi connectivity index (χ0n) is 15.2. The number of hydrogen-bond donors (Lipinski definition) is 0. The molecule has 1 aromatic carbocycles. The summed E-state index contributed by atoms with van der Waals surface area (Å²) in [5.74, 6) is 1.49. The molecule has 2 aromatic rings. The fourth-order valence-electron chi connectivity index (χ4n) is 4.79. The number of nitrogens with zero attached hydrogens (tertiary/aromatic N) is 4. The normalized spacial score (nSPS) is 21.6. The van der Waals surface area contributed by atoms with Crippen LogP contribution in [-0.2, 0) is 17.8 Å². The highest BCUT2D eigenvalue weighted by Gasteiger charge is 2.51. The van der Waals surface area contributed by atoms with E-state index >= 15 is 0 Å². The second-order valence-corrected chi connectivity index (χ2v) is 8.05. The van der Waals surface area contributed by atoms with Crippen LogP contribution in [0.5, 0.6) is 0 Å². The highest BCUT2D eigenvalue weighted by Crippen LogP contribution is 2.53. The van der Waals surface area contributed by atoms with E-state index in [-0.39, 0.29) is 17.2 Å². The largest absolute Gasteiger partial charge is 0.341 e. The van der Waals surface area contributed by atoms with Gasteiger partial charge in [0.15, 0.2) is 0 Å². The summed E-state index contributed by atoms with van der Waals surface area (Å²) in [6.07, 6.45) is 7.00. The van der Waals surface area contributed by atoms with Crippen molar-refractivity contribution >= 4 is 17.5 Å². The van der Waals surface area contributed by atoms with Crippen molar-refractivity contribution in [1.29, 1.82) is 0 Å². The Kier molecular flexibility index (Phi) is 4.74. The highest BCUT2D eigenvalue weighted by atomic mass is 35.5. The molecule has 1 saturated heterocycles. The minimum absolute atomic E-state index is 0.162. The maximum atomic E-state index is 13.0. The first-order valence-electron chi connectivity index (χ1n) is 9.52. The molecule has 1 unspecified atom stereocenters. The fraction of sp³-hybridized carbons (Fsp3) is 0.550. The van der Waals surface area contributed by atoms with Crippen LogP contribution in [0.15, 0.2) is 30.6 Å². The first-order valence-corrected chi connectivity index (χ1v) is 9.89. The molecule has 1 atom stereocenters. The average molecular weight is 373 g/mol. The molecule has 2 heterocycles. The van der Waals surface area contributed by atoms with Gasteiger partial charge in [-0.2, -0.15) is 0 Å². The van der Waals surface area contributed by atoms with Crippen LogP contribution in [0.25, 0.3) is 0 Å². The first kappa shape index (κ1) is 17.5. The second-order valence-electron chi connectivity index (χ2n) is 7.64. The van der Waals surface area contributed by atoms with Crippen LogP contribution in [0.1, 0.15) is 49.9 Å². The SMILES string of the molecule is CCn1cnnc1C1CN(C(=O)Cc2ccccc2Cl)CC12CCCC2. The maximum Gasteiger partial charge on any atom is 0.227 e. The lowest BCUT2D eigenvalue weighted by Crippen LogP contribution is -2.32. The molecule has 1 aliphatic heterocycles. The van der Waals surface area contributed by atoms with Crippen LogP contribution < -0.4 is 0 Å². The van der Waals surface area contributed by atoms with Gasteiger partial charge in [0.1, 0.15) is 12.2 Å². The quantitative estimate of drug-likeness (QED) is 0.822. The number of hydrogen-bond acceptors (Lipinski definition) is 3. The number of carbonyl (C=O) groups is 1. The van der Waals surface area contributed by atoms with Gasteiger partial charge in [0.25, 0.3) is 0 Å². The number of benzene rings is 1. The van der Waals surface area contributed by atoms with Crippen molar-refractivity contribution in [2.75, 3.05) is 13.1 Å². The maximum absolute atomic E-state index is 13.0. The summed E-state index contributed by atoms with van der Waals surface area (Å²) < 4.78 is 2.13. The zero-order chi connectivity index (χ0) is 18.1. The Morgan fingerprint density at radius 2 is 2.08 bits per heavy atom. The predicted octanol–water partition coefficient (Wildman–Crippen LogP) is 3.68. The molecular formula is C20H25ClN4O. The monoisotopic (exact) mass is 372 g/mol. The van der Waals surface area contributed by atoms with Gasteiger partial charge in [-0.3, -0.25) is 4.79 Å². The van der Waals surface area contributed by atoms with E-state index in [1.807, 2.05) is 35.5 Å². The van der Waals surface area contributed by atoms with Gasteiger partial charge >= 0.3 is 0 Å². The fourth-order valence-corrected chi connectivity index (χ4v) is 5.00. The zero-order valence-corrected chi connectivity index (χ0v) is 16.0. The van der Waals surface area contributed by atoms with Gasteiger partial charge in [-0.15, -0.1) is 10.2 Å². The lowest BCUT2D eigenvalue weighted by atomic mass is 9.76.